The Kier molecular flexibility index (Phi) is 5.02. The van der Waals surface area contributed by atoms with E-state index in [1.165, 1.54) is 6.26 Å². The quantitative estimate of drug-likeness (QED) is 0.742. The molecule has 0 amide bonds. The molecule has 1 N–H and O–H groups in total. The molecule has 0 aliphatic carbocycles. The number of hydrogen-bond acceptors (Lipinski definition) is 4. The summed E-state index contributed by atoms with van der Waals surface area (Å²) in [5.41, 5.74) is 0. The van der Waals surface area contributed by atoms with Gasteiger partial charge in [0.1, 0.15) is 9.84 Å². The predicted molar refractivity (Wildman–Crippen MR) is 62.8 cm³/mol. The lowest BCUT2D eigenvalue weighted by Gasteiger charge is -2.21. The van der Waals surface area contributed by atoms with Crippen LogP contribution in [0.1, 0.15) is 13.3 Å². The summed E-state index contributed by atoms with van der Waals surface area (Å²) >= 11 is 0. The van der Waals surface area contributed by atoms with Crippen molar-refractivity contribution in [2.45, 2.75) is 13.3 Å². The SMILES string of the molecule is CC1CNCCN(CCCS(C)(=O)=O)C1. The Bertz CT molecular complexity index is 277. The maximum Gasteiger partial charge on any atom is 0.147 e. The minimum absolute atomic E-state index is 0.311. The van der Waals surface area contributed by atoms with Gasteiger partial charge in [-0.2, -0.15) is 0 Å². The largest absolute Gasteiger partial charge is 0.315 e. The van der Waals surface area contributed by atoms with Crippen molar-refractivity contribution in [3.05, 3.63) is 0 Å². The highest BCUT2D eigenvalue weighted by Crippen LogP contribution is 2.03. The van der Waals surface area contributed by atoms with Crippen LogP contribution in [0.3, 0.4) is 0 Å². The van der Waals surface area contributed by atoms with Crippen molar-refractivity contribution >= 4 is 9.84 Å². The molecule has 0 aromatic heterocycles. The number of hydrogen-bond donors (Lipinski definition) is 1. The van der Waals surface area contributed by atoms with Gasteiger partial charge >= 0.3 is 0 Å². The van der Waals surface area contributed by atoms with Crippen LogP contribution in [-0.2, 0) is 9.84 Å². The molecule has 1 aliphatic rings. The Hall–Kier alpha value is -0.130. The smallest absolute Gasteiger partial charge is 0.147 e. The molecule has 1 fully saturated rings. The van der Waals surface area contributed by atoms with Crippen LogP contribution in [0, 0.1) is 5.92 Å². The Balaban J connectivity index is 2.25. The van der Waals surface area contributed by atoms with Gasteiger partial charge in [0.15, 0.2) is 0 Å². The van der Waals surface area contributed by atoms with Crippen LogP contribution < -0.4 is 5.32 Å². The lowest BCUT2D eigenvalue weighted by Crippen LogP contribution is -2.31. The Morgan fingerprint density at radius 2 is 2.20 bits per heavy atom. The van der Waals surface area contributed by atoms with Crippen LogP contribution in [0.4, 0.5) is 0 Å². The maximum atomic E-state index is 11.0. The highest BCUT2D eigenvalue weighted by atomic mass is 32.2. The highest BCUT2D eigenvalue weighted by molar-refractivity contribution is 7.90. The number of nitrogens with zero attached hydrogens (tertiary/aromatic N) is 1. The summed E-state index contributed by atoms with van der Waals surface area (Å²) < 4.78 is 21.9. The molecule has 4 nitrogen and oxygen atoms in total. The monoisotopic (exact) mass is 234 g/mol. The third-order valence-electron chi connectivity index (χ3n) is 2.66. The second kappa shape index (κ2) is 5.82. The van der Waals surface area contributed by atoms with Gasteiger partial charge < -0.3 is 10.2 Å². The van der Waals surface area contributed by atoms with Crippen molar-refractivity contribution in [2.24, 2.45) is 5.92 Å². The molecule has 0 radical (unpaired) electrons. The number of sulfone groups is 1. The maximum absolute atomic E-state index is 11.0. The van der Waals surface area contributed by atoms with Gasteiger partial charge in [0.25, 0.3) is 0 Å². The zero-order chi connectivity index (χ0) is 11.3. The molecule has 1 heterocycles. The van der Waals surface area contributed by atoms with Crippen LogP contribution in [0.15, 0.2) is 0 Å². The molecule has 90 valence electrons. The molecule has 1 unspecified atom stereocenters. The van der Waals surface area contributed by atoms with Crippen LogP contribution >= 0.6 is 0 Å². The molecule has 5 heteroatoms. The van der Waals surface area contributed by atoms with E-state index in [1.54, 1.807) is 0 Å². The van der Waals surface area contributed by atoms with E-state index in [9.17, 15) is 8.42 Å². The Morgan fingerprint density at radius 3 is 2.87 bits per heavy atom. The van der Waals surface area contributed by atoms with Crippen molar-refractivity contribution in [3.63, 3.8) is 0 Å². The van der Waals surface area contributed by atoms with Crippen molar-refractivity contribution < 1.29 is 8.42 Å². The van der Waals surface area contributed by atoms with E-state index in [-0.39, 0.29) is 0 Å². The van der Waals surface area contributed by atoms with Gasteiger partial charge in [-0.15, -0.1) is 0 Å². The summed E-state index contributed by atoms with van der Waals surface area (Å²) in [6.07, 6.45) is 2.06. The van der Waals surface area contributed by atoms with E-state index in [0.29, 0.717) is 11.7 Å². The first-order chi connectivity index (χ1) is 6.97. The van der Waals surface area contributed by atoms with Gasteiger partial charge in [0.2, 0.25) is 0 Å². The summed E-state index contributed by atoms with van der Waals surface area (Å²) in [6.45, 7) is 7.33. The van der Waals surface area contributed by atoms with Gasteiger partial charge in [-0.3, -0.25) is 0 Å². The van der Waals surface area contributed by atoms with Gasteiger partial charge in [-0.05, 0) is 25.4 Å². The average Bonchev–Trinajstić information content (AvgIpc) is 2.27. The third-order valence-corrected chi connectivity index (χ3v) is 3.69. The normalized spacial score (nSPS) is 25.1. The van der Waals surface area contributed by atoms with E-state index in [1.807, 2.05) is 0 Å². The summed E-state index contributed by atoms with van der Waals surface area (Å²) in [5.74, 6) is 0.969. The first-order valence-corrected chi connectivity index (χ1v) is 7.64. The molecule has 15 heavy (non-hydrogen) atoms. The van der Waals surface area contributed by atoms with Gasteiger partial charge in [0, 0.05) is 25.9 Å². The molecule has 1 atom stereocenters. The standard InChI is InChI=1S/C10H22N2O2S/c1-10-8-11-4-6-12(9-10)5-3-7-15(2,13)14/h10-11H,3-9H2,1-2H3. The molecule has 0 aromatic rings. The zero-order valence-electron chi connectivity index (χ0n) is 9.70. The lowest BCUT2D eigenvalue weighted by molar-refractivity contribution is 0.265. The molecule has 0 aromatic carbocycles. The summed E-state index contributed by atoms with van der Waals surface area (Å²) in [6, 6.07) is 0. The van der Waals surface area contributed by atoms with E-state index >= 15 is 0 Å². The van der Waals surface area contributed by atoms with Crippen LogP contribution in [0.2, 0.25) is 0 Å². The molecule has 1 saturated heterocycles. The summed E-state index contributed by atoms with van der Waals surface area (Å²) in [5, 5.41) is 3.37. The van der Waals surface area contributed by atoms with E-state index < -0.39 is 9.84 Å². The minimum atomic E-state index is -2.79. The summed E-state index contributed by atoms with van der Waals surface area (Å²) in [4.78, 5) is 2.36. The van der Waals surface area contributed by atoms with Gasteiger partial charge in [0.05, 0.1) is 5.75 Å². The van der Waals surface area contributed by atoms with Crippen molar-refractivity contribution in [2.75, 3.05) is 44.7 Å². The predicted octanol–water partition coefficient (Wildman–Crippen LogP) is -0.0376. The average molecular weight is 234 g/mol. The Labute approximate surface area is 93.0 Å². The molecule has 0 bridgehead atoms. The van der Waals surface area contributed by atoms with Crippen LogP contribution in [0.25, 0.3) is 0 Å². The lowest BCUT2D eigenvalue weighted by atomic mass is 10.2. The fourth-order valence-corrected chi connectivity index (χ4v) is 2.59. The zero-order valence-corrected chi connectivity index (χ0v) is 10.5. The molecular weight excluding hydrogens is 212 g/mol. The molecule has 0 saturated carbocycles. The van der Waals surface area contributed by atoms with Crippen LogP contribution in [-0.4, -0.2) is 58.1 Å². The first kappa shape index (κ1) is 12.9. The van der Waals surface area contributed by atoms with E-state index in [2.05, 4.69) is 17.1 Å². The second-order valence-corrected chi connectivity index (χ2v) is 6.85. The topological polar surface area (TPSA) is 49.4 Å². The molecule has 1 aliphatic heterocycles. The number of rotatable bonds is 4. The van der Waals surface area contributed by atoms with Gasteiger partial charge in [-0.25, -0.2) is 8.42 Å². The van der Waals surface area contributed by atoms with Crippen molar-refractivity contribution in [3.8, 4) is 0 Å². The second-order valence-electron chi connectivity index (χ2n) is 4.59. The van der Waals surface area contributed by atoms with E-state index in [0.717, 1.165) is 39.1 Å². The molecule has 0 spiro atoms. The minimum Gasteiger partial charge on any atom is -0.315 e. The highest BCUT2D eigenvalue weighted by Gasteiger charge is 2.14. The molecule has 1 rings (SSSR count). The third kappa shape index (κ3) is 6.12. The first-order valence-electron chi connectivity index (χ1n) is 5.58. The fraction of sp³-hybridized carbons (Fsp3) is 1.00. The number of nitrogens with one attached hydrogen (secondary N) is 1. The van der Waals surface area contributed by atoms with E-state index in [4.69, 9.17) is 0 Å². The molecular formula is C10H22N2O2S. The van der Waals surface area contributed by atoms with Crippen molar-refractivity contribution in [1.82, 2.24) is 10.2 Å². The van der Waals surface area contributed by atoms with Gasteiger partial charge in [-0.1, -0.05) is 6.92 Å². The van der Waals surface area contributed by atoms with Crippen LogP contribution in [0.5, 0.6) is 0 Å². The fourth-order valence-electron chi connectivity index (χ4n) is 1.94. The Morgan fingerprint density at radius 1 is 1.47 bits per heavy atom. The summed E-state index contributed by atoms with van der Waals surface area (Å²) in [7, 11) is -2.79. The van der Waals surface area contributed by atoms with Crippen molar-refractivity contribution in [1.29, 1.82) is 0 Å².